The lowest BCUT2D eigenvalue weighted by Crippen LogP contribution is -2.43. The zero-order valence-corrected chi connectivity index (χ0v) is 12.9. The van der Waals surface area contributed by atoms with Crippen LogP contribution in [0.2, 0.25) is 0 Å². The van der Waals surface area contributed by atoms with Gasteiger partial charge in [-0.25, -0.2) is 13.2 Å². The van der Waals surface area contributed by atoms with Crippen LogP contribution in [-0.2, 0) is 24.3 Å². The van der Waals surface area contributed by atoms with Gasteiger partial charge in [0.15, 0.2) is 6.10 Å². The van der Waals surface area contributed by atoms with Gasteiger partial charge in [0, 0.05) is 26.6 Å². The summed E-state index contributed by atoms with van der Waals surface area (Å²) in [6.45, 7) is -0.710. The number of carbonyl (C=O) groups excluding carboxylic acids is 1. The Morgan fingerprint density at radius 3 is 2.68 bits per heavy atom. The van der Waals surface area contributed by atoms with Crippen LogP contribution in [0.4, 0.5) is 0 Å². The van der Waals surface area contributed by atoms with E-state index in [-0.39, 0.29) is 11.4 Å². The zero-order valence-electron chi connectivity index (χ0n) is 12.1. The number of ether oxygens (including phenoxy) is 1. The van der Waals surface area contributed by atoms with E-state index >= 15 is 0 Å². The molecule has 0 aliphatic carbocycles. The monoisotopic (exact) mass is 331 g/mol. The van der Waals surface area contributed by atoms with Gasteiger partial charge in [-0.1, -0.05) is 0 Å². The van der Waals surface area contributed by atoms with Crippen LogP contribution >= 0.6 is 0 Å². The topological polar surface area (TPSA) is 126 Å². The predicted molar refractivity (Wildman–Crippen MR) is 75.5 cm³/mol. The fourth-order valence-corrected chi connectivity index (χ4v) is 2.59. The number of hydrogen-bond donors (Lipinski definition) is 2. The highest BCUT2D eigenvalue weighted by atomic mass is 32.2. The second-order valence-corrected chi connectivity index (χ2v) is 6.36. The summed E-state index contributed by atoms with van der Waals surface area (Å²) in [5.74, 6) is -1.86. The third-order valence-corrected chi connectivity index (χ3v) is 4.54. The average molecular weight is 331 g/mol. The number of carboxylic acid groups (broad SMARTS) is 1. The van der Waals surface area contributed by atoms with Crippen LogP contribution in [-0.4, -0.2) is 68.0 Å². The number of rotatable bonds is 8. The first-order chi connectivity index (χ1) is 10.3. The standard InChI is InChI=1S/C12H17N3O6S/c1-15(22(19,20)9-4-3-5-13-6-9)8-11(16)14-7-10(21-2)12(17)18/h3-6,10H,7-8H2,1-2H3,(H,14,16)(H,17,18). The van der Waals surface area contributed by atoms with Crippen LogP contribution in [0.25, 0.3) is 0 Å². The molecule has 0 bridgehead atoms. The number of amides is 1. The third-order valence-electron chi connectivity index (χ3n) is 2.75. The molecule has 2 N–H and O–H groups in total. The van der Waals surface area contributed by atoms with Crippen LogP contribution in [0.3, 0.4) is 0 Å². The number of nitrogens with zero attached hydrogens (tertiary/aromatic N) is 2. The number of carboxylic acids is 1. The highest BCUT2D eigenvalue weighted by Gasteiger charge is 2.24. The molecule has 0 radical (unpaired) electrons. The van der Waals surface area contributed by atoms with E-state index in [1.807, 2.05) is 0 Å². The number of pyridine rings is 1. The zero-order chi connectivity index (χ0) is 16.8. The van der Waals surface area contributed by atoms with Gasteiger partial charge in [-0.05, 0) is 12.1 Å². The minimum atomic E-state index is -3.83. The summed E-state index contributed by atoms with van der Waals surface area (Å²) in [4.78, 5) is 26.1. The lowest BCUT2D eigenvalue weighted by atomic mass is 10.3. The van der Waals surface area contributed by atoms with Gasteiger partial charge >= 0.3 is 5.97 Å². The van der Waals surface area contributed by atoms with Crippen molar-refractivity contribution >= 4 is 21.9 Å². The quantitative estimate of drug-likeness (QED) is 0.620. The predicted octanol–water partition coefficient (Wildman–Crippen LogP) is -1.08. The van der Waals surface area contributed by atoms with Crippen LogP contribution in [0.5, 0.6) is 0 Å². The van der Waals surface area contributed by atoms with Crippen LogP contribution in [0, 0.1) is 0 Å². The maximum absolute atomic E-state index is 12.2. The van der Waals surface area contributed by atoms with E-state index in [4.69, 9.17) is 5.11 Å². The Labute approximate surface area is 128 Å². The highest BCUT2D eigenvalue weighted by molar-refractivity contribution is 7.89. The molecule has 0 saturated heterocycles. The summed E-state index contributed by atoms with van der Waals surface area (Å²) in [5, 5.41) is 11.1. The molecular weight excluding hydrogens is 314 g/mol. The second-order valence-electron chi connectivity index (χ2n) is 4.32. The molecule has 22 heavy (non-hydrogen) atoms. The van der Waals surface area contributed by atoms with E-state index in [2.05, 4.69) is 15.0 Å². The van der Waals surface area contributed by atoms with Crippen molar-refractivity contribution in [2.45, 2.75) is 11.0 Å². The number of likely N-dealkylation sites (N-methyl/N-ethyl adjacent to an activating group) is 1. The number of carbonyl (C=O) groups is 2. The second kappa shape index (κ2) is 7.82. The molecule has 10 heteroatoms. The lowest BCUT2D eigenvalue weighted by molar-refractivity contribution is -0.148. The number of aliphatic carboxylic acids is 1. The van der Waals surface area contributed by atoms with E-state index in [0.29, 0.717) is 0 Å². The van der Waals surface area contributed by atoms with Crippen LogP contribution < -0.4 is 5.32 Å². The van der Waals surface area contributed by atoms with Crippen molar-refractivity contribution in [2.75, 3.05) is 27.2 Å². The summed E-state index contributed by atoms with van der Waals surface area (Å²) in [6, 6.07) is 2.83. The summed E-state index contributed by atoms with van der Waals surface area (Å²) in [7, 11) is -1.39. The number of hydrogen-bond acceptors (Lipinski definition) is 6. The van der Waals surface area contributed by atoms with Crippen molar-refractivity contribution in [2.24, 2.45) is 0 Å². The fourth-order valence-electron chi connectivity index (χ4n) is 1.50. The van der Waals surface area contributed by atoms with E-state index in [0.717, 1.165) is 4.31 Å². The Morgan fingerprint density at radius 2 is 2.18 bits per heavy atom. The SMILES string of the molecule is COC(CNC(=O)CN(C)S(=O)(=O)c1cccnc1)C(=O)O. The molecule has 122 valence electrons. The number of sulfonamides is 1. The van der Waals surface area contributed by atoms with Crippen molar-refractivity contribution in [3.63, 3.8) is 0 Å². The molecule has 0 aliphatic heterocycles. The molecule has 1 aromatic heterocycles. The minimum Gasteiger partial charge on any atom is -0.479 e. The van der Waals surface area contributed by atoms with Gasteiger partial charge in [-0.3, -0.25) is 9.78 Å². The molecule has 1 rings (SSSR count). The molecule has 0 aliphatic rings. The highest BCUT2D eigenvalue weighted by Crippen LogP contribution is 2.11. The number of aromatic nitrogens is 1. The lowest BCUT2D eigenvalue weighted by Gasteiger charge is -2.17. The van der Waals surface area contributed by atoms with Crippen molar-refractivity contribution in [1.82, 2.24) is 14.6 Å². The maximum atomic E-state index is 12.2. The molecule has 1 amide bonds. The Kier molecular flexibility index (Phi) is 6.40. The minimum absolute atomic E-state index is 0.0365. The number of nitrogens with one attached hydrogen (secondary N) is 1. The van der Waals surface area contributed by atoms with Crippen molar-refractivity contribution in [3.05, 3.63) is 24.5 Å². The van der Waals surface area contributed by atoms with Crippen molar-refractivity contribution in [1.29, 1.82) is 0 Å². The molecular formula is C12H17N3O6S. The van der Waals surface area contributed by atoms with E-state index in [9.17, 15) is 18.0 Å². The first kappa shape index (κ1) is 18.0. The first-order valence-corrected chi connectivity index (χ1v) is 7.61. The van der Waals surface area contributed by atoms with Gasteiger partial charge in [-0.2, -0.15) is 4.31 Å². The first-order valence-electron chi connectivity index (χ1n) is 6.17. The number of methoxy groups -OCH3 is 1. The van der Waals surface area contributed by atoms with E-state index < -0.39 is 34.5 Å². The Morgan fingerprint density at radius 1 is 1.50 bits per heavy atom. The van der Waals surface area contributed by atoms with Gasteiger partial charge < -0.3 is 15.2 Å². The van der Waals surface area contributed by atoms with Gasteiger partial charge in [0.1, 0.15) is 4.90 Å². The van der Waals surface area contributed by atoms with Crippen molar-refractivity contribution < 1.29 is 27.9 Å². The molecule has 1 heterocycles. The summed E-state index contributed by atoms with van der Waals surface area (Å²) in [5.41, 5.74) is 0. The van der Waals surface area contributed by atoms with E-state index in [1.54, 1.807) is 0 Å². The molecule has 0 spiro atoms. The Hall–Kier alpha value is -2.04. The van der Waals surface area contributed by atoms with Gasteiger partial charge in [0.2, 0.25) is 15.9 Å². The van der Waals surface area contributed by atoms with Gasteiger partial charge in [0.25, 0.3) is 0 Å². The van der Waals surface area contributed by atoms with Gasteiger partial charge in [-0.15, -0.1) is 0 Å². The Bertz CT molecular complexity index is 619. The van der Waals surface area contributed by atoms with Crippen molar-refractivity contribution in [3.8, 4) is 0 Å². The molecule has 1 atom stereocenters. The van der Waals surface area contributed by atoms with Crippen LogP contribution in [0.15, 0.2) is 29.4 Å². The molecule has 0 aromatic carbocycles. The summed E-state index contributed by atoms with van der Waals surface area (Å²) >= 11 is 0. The normalized spacial score (nSPS) is 12.9. The largest absolute Gasteiger partial charge is 0.479 e. The Balaban J connectivity index is 2.63. The average Bonchev–Trinajstić information content (AvgIpc) is 2.48. The maximum Gasteiger partial charge on any atom is 0.334 e. The molecule has 1 aromatic rings. The fraction of sp³-hybridized carbons (Fsp3) is 0.417. The molecule has 1 unspecified atom stereocenters. The van der Waals surface area contributed by atoms with Crippen LogP contribution in [0.1, 0.15) is 0 Å². The molecule has 0 saturated carbocycles. The van der Waals surface area contributed by atoms with E-state index in [1.165, 1.54) is 38.7 Å². The van der Waals surface area contributed by atoms with Gasteiger partial charge in [0.05, 0.1) is 13.1 Å². The smallest absolute Gasteiger partial charge is 0.334 e. The molecule has 9 nitrogen and oxygen atoms in total. The summed E-state index contributed by atoms with van der Waals surface area (Å²) < 4.78 is 29.8. The third kappa shape index (κ3) is 4.76. The summed E-state index contributed by atoms with van der Waals surface area (Å²) in [6.07, 6.45) is 1.42. The molecule has 0 fully saturated rings.